The highest BCUT2D eigenvalue weighted by molar-refractivity contribution is 7.86. The van der Waals surface area contributed by atoms with Gasteiger partial charge in [0.2, 0.25) is 0 Å². The molecule has 15 heteroatoms. The van der Waals surface area contributed by atoms with Crippen molar-refractivity contribution in [2.24, 2.45) is 22.8 Å². The standard InChI is InChI=1S/C16H29BN4O9S/c1-15(12(22)23)10-29-17(30-14(15)26)5-3-4-11-8-21(9-16(11,19)13(24)25)31(27,28)20(2)7-6-18/h11H,3-10,18-19H2,1-2H3,(H,22,23)(H,24,25)/t11-,15?,16-/m0/s1. The predicted molar refractivity (Wildman–Crippen MR) is 108 cm³/mol. The molecule has 1 unspecified atom stereocenters. The van der Waals surface area contributed by atoms with Crippen molar-refractivity contribution in [3.8, 4) is 0 Å². The molecular weight excluding hydrogens is 435 g/mol. The SMILES string of the molecule is CN(CCN)S(=O)(=O)N1C[C@H](CCCB2OCC(C)(C(=O)O)C(=O)O2)[C@](N)(C(=O)O)C1. The summed E-state index contributed by atoms with van der Waals surface area (Å²) in [6.07, 6.45) is 0.752. The van der Waals surface area contributed by atoms with Gasteiger partial charge in [0.15, 0.2) is 5.41 Å². The smallest absolute Gasteiger partial charge is 0.509 e. The molecule has 31 heavy (non-hydrogen) atoms. The van der Waals surface area contributed by atoms with Crippen LogP contribution in [0.4, 0.5) is 0 Å². The average Bonchev–Trinajstić information content (AvgIpc) is 3.03. The number of hydrogen-bond donors (Lipinski definition) is 4. The first-order chi connectivity index (χ1) is 14.3. The molecule has 0 bridgehead atoms. The van der Waals surface area contributed by atoms with Crippen LogP contribution in [0.25, 0.3) is 0 Å². The molecule has 2 fully saturated rings. The van der Waals surface area contributed by atoms with Crippen molar-refractivity contribution >= 4 is 35.2 Å². The first-order valence-electron chi connectivity index (χ1n) is 9.79. The fourth-order valence-electron chi connectivity index (χ4n) is 3.58. The molecule has 2 heterocycles. The van der Waals surface area contributed by atoms with Gasteiger partial charge in [-0.3, -0.25) is 14.4 Å². The lowest BCUT2D eigenvalue weighted by Crippen LogP contribution is -2.55. The number of carboxylic acid groups (broad SMARTS) is 2. The summed E-state index contributed by atoms with van der Waals surface area (Å²) < 4.78 is 37.8. The molecule has 13 nitrogen and oxygen atoms in total. The van der Waals surface area contributed by atoms with E-state index in [1.54, 1.807) is 0 Å². The summed E-state index contributed by atoms with van der Waals surface area (Å²) in [5, 5.41) is 18.8. The number of nitrogens with two attached hydrogens (primary N) is 2. The minimum absolute atomic E-state index is 0.0772. The zero-order chi connectivity index (χ0) is 23.6. The molecule has 2 aliphatic rings. The molecule has 0 aliphatic carbocycles. The third-order valence-corrected chi connectivity index (χ3v) is 7.77. The molecule has 3 atom stereocenters. The van der Waals surface area contributed by atoms with Crippen LogP contribution in [0.3, 0.4) is 0 Å². The maximum atomic E-state index is 12.7. The lowest BCUT2D eigenvalue weighted by molar-refractivity contribution is -0.169. The number of hydrogen-bond acceptors (Lipinski definition) is 9. The minimum Gasteiger partial charge on any atom is -0.509 e. The molecule has 0 amide bonds. The van der Waals surface area contributed by atoms with Crippen molar-refractivity contribution in [3.05, 3.63) is 0 Å². The number of carbonyl (C=O) groups excluding carboxylic acids is 1. The van der Waals surface area contributed by atoms with Gasteiger partial charge in [-0.2, -0.15) is 17.0 Å². The van der Waals surface area contributed by atoms with Gasteiger partial charge < -0.3 is 31.0 Å². The Kier molecular flexibility index (Phi) is 7.71. The van der Waals surface area contributed by atoms with Crippen LogP contribution in [0.1, 0.15) is 19.8 Å². The maximum absolute atomic E-state index is 12.7. The van der Waals surface area contributed by atoms with E-state index in [1.807, 2.05) is 0 Å². The number of aliphatic carboxylic acids is 2. The largest absolute Gasteiger partial charge is 0.527 e. The zero-order valence-electron chi connectivity index (χ0n) is 17.5. The maximum Gasteiger partial charge on any atom is 0.527 e. The van der Waals surface area contributed by atoms with E-state index in [4.69, 9.17) is 25.9 Å². The lowest BCUT2D eigenvalue weighted by Gasteiger charge is -2.31. The molecule has 0 radical (unpaired) electrons. The van der Waals surface area contributed by atoms with Gasteiger partial charge in [-0.25, -0.2) is 0 Å². The van der Waals surface area contributed by atoms with Crippen LogP contribution in [0.2, 0.25) is 6.32 Å². The quantitative estimate of drug-likeness (QED) is 0.201. The van der Waals surface area contributed by atoms with Gasteiger partial charge >= 0.3 is 25.0 Å². The second kappa shape index (κ2) is 9.38. The summed E-state index contributed by atoms with van der Waals surface area (Å²) in [5.41, 5.74) is 7.95. The van der Waals surface area contributed by atoms with Crippen molar-refractivity contribution in [3.63, 3.8) is 0 Å². The number of carbonyl (C=O) groups is 3. The summed E-state index contributed by atoms with van der Waals surface area (Å²) in [7, 11) is -3.53. The molecule has 0 aromatic carbocycles. The third kappa shape index (κ3) is 5.01. The van der Waals surface area contributed by atoms with Gasteiger partial charge in [0.05, 0.1) is 6.61 Å². The molecular formula is C16H29BN4O9S. The normalized spacial score (nSPS) is 29.9. The van der Waals surface area contributed by atoms with Crippen LogP contribution in [0, 0.1) is 11.3 Å². The highest BCUT2D eigenvalue weighted by Gasteiger charge is 2.53. The Morgan fingerprint density at radius 1 is 1.35 bits per heavy atom. The molecule has 176 valence electrons. The summed E-state index contributed by atoms with van der Waals surface area (Å²) in [6.45, 7) is 0.594. The highest BCUT2D eigenvalue weighted by atomic mass is 32.2. The summed E-state index contributed by atoms with van der Waals surface area (Å²) in [6, 6.07) is 0. The summed E-state index contributed by atoms with van der Waals surface area (Å²) in [4.78, 5) is 35.0. The molecule has 2 saturated heterocycles. The Morgan fingerprint density at radius 3 is 2.52 bits per heavy atom. The topological polar surface area (TPSA) is 203 Å². The summed E-state index contributed by atoms with van der Waals surface area (Å²) >= 11 is 0. The molecule has 2 rings (SSSR count). The van der Waals surface area contributed by atoms with Crippen LogP contribution in [-0.2, 0) is 33.9 Å². The van der Waals surface area contributed by atoms with E-state index in [9.17, 15) is 27.9 Å². The molecule has 0 saturated carbocycles. The second-order valence-electron chi connectivity index (χ2n) is 8.17. The second-order valence-corrected chi connectivity index (χ2v) is 10.2. The number of likely N-dealkylation sites (N-methyl/N-ethyl adjacent to an activating group) is 1. The van der Waals surface area contributed by atoms with Gasteiger partial charge in [0.1, 0.15) is 5.54 Å². The minimum atomic E-state index is -3.92. The van der Waals surface area contributed by atoms with Crippen molar-refractivity contribution in [2.75, 3.05) is 39.8 Å². The Balaban J connectivity index is 2.00. The van der Waals surface area contributed by atoms with Gasteiger partial charge in [0, 0.05) is 39.1 Å². The van der Waals surface area contributed by atoms with Crippen LogP contribution < -0.4 is 11.5 Å². The monoisotopic (exact) mass is 464 g/mol. The van der Waals surface area contributed by atoms with E-state index in [0.717, 1.165) is 8.61 Å². The fraction of sp³-hybridized carbons (Fsp3) is 0.812. The molecule has 6 N–H and O–H groups in total. The predicted octanol–water partition coefficient (Wildman–Crippen LogP) is -2.23. The Morgan fingerprint density at radius 2 is 2.00 bits per heavy atom. The van der Waals surface area contributed by atoms with Crippen molar-refractivity contribution in [1.82, 2.24) is 8.61 Å². The molecule has 0 aromatic rings. The highest BCUT2D eigenvalue weighted by Crippen LogP contribution is 2.33. The zero-order valence-corrected chi connectivity index (χ0v) is 18.3. The van der Waals surface area contributed by atoms with Crippen LogP contribution in [0.5, 0.6) is 0 Å². The van der Waals surface area contributed by atoms with Crippen LogP contribution in [0.15, 0.2) is 0 Å². The number of nitrogens with zero attached hydrogens (tertiary/aromatic N) is 2. The van der Waals surface area contributed by atoms with Crippen LogP contribution >= 0.6 is 0 Å². The molecule has 2 aliphatic heterocycles. The van der Waals surface area contributed by atoms with Gasteiger partial charge in [-0.15, -0.1) is 0 Å². The Hall–Kier alpha value is -1.78. The molecule has 0 spiro atoms. The summed E-state index contributed by atoms with van der Waals surface area (Å²) in [5.74, 6) is -4.25. The Labute approximate surface area is 180 Å². The van der Waals surface area contributed by atoms with E-state index < -0.39 is 52.1 Å². The number of rotatable bonds is 10. The van der Waals surface area contributed by atoms with Crippen molar-refractivity contribution in [2.45, 2.75) is 31.6 Å². The van der Waals surface area contributed by atoms with E-state index in [1.165, 1.54) is 14.0 Å². The van der Waals surface area contributed by atoms with E-state index in [-0.39, 0.29) is 45.5 Å². The van der Waals surface area contributed by atoms with Crippen molar-refractivity contribution in [1.29, 1.82) is 0 Å². The van der Waals surface area contributed by atoms with E-state index in [2.05, 4.69) is 0 Å². The lowest BCUT2D eigenvalue weighted by atomic mass is 9.75. The van der Waals surface area contributed by atoms with E-state index in [0.29, 0.717) is 6.42 Å². The third-order valence-electron chi connectivity index (χ3n) is 5.86. The Bertz CT molecular complexity index is 828. The van der Waals surface area contributed by atoms with Crippen LogP contribution in [-0.4, -0.2) is 97.6 Å². The van der Waals surface area contributed by atoms with Gasteiger partial charge in [-0.05, 0) is 19.7 Å². The van der Waals surface area contributed by atoms with Gasteiger partial charge in [-0.1, -0.05) is 6.42 Å². The average molecular weight is 464 g/mol. The first kappa shape index (κ1) is 25.5. The molecule has 0 aromatic heterocycles. The fourth-order valence-corrected chi connectivity index (χ4v) is 5.06. The van der Waals surface area contributed by atoms with E-state index >= 15 is 0 Å². The van der Waals surface area contributed by atoms with Gasteiger partial charge in [0.25, 0.3) is 10.2 Å². The number of carboxylic acids is 2. The van der Waals surface area contributed by atoms with Crippen molar-refractivity contribution < 1.29 is 42.3 Å². The first-order valence-corrected chi connectivity index (χ1v) is 11.2.